The van der Waals surface area contributed by atoms with Crippen molar-refractivity contribution in [1.29, 1.82) is 0 Å². The van der Waals surface area contributed by atoms with E-state index < -0.39 is 0 Å². The highest BCUT2D eigenvalue weighted by Crippen LogP contribution is 2.20. The minimum absolute atomic E-state index is 0.265. The SMILES string of the molecule is COc1ccc(/C(C)=N\NC(=O)c2cc(C)oc2C)cc1C[NH+]1CCCC1. The number of benzene rings is 1. The molecular weight excluding hydrogens is 342 g/mol. The van der Waals surface area contributed by atoms with Gasteiger partial charge >= 0.3 is 0 Å². The molecule has 1 aromatic carbocycles. The summed E-state index contributed by atoms with van der Waals surface area (Å²) in [6.07, 6.45) is 2.58. The number of hydrazone groups is 1. The van der Waals surface area contributed by atoms with E-state index in [4.69, 9.17) is 9.15 Å². The van der Waals surface area contributed by atoms with Crippen LogP contribution in [0.4, 0.5) is 0 Å². The number of furan rings is 1. The van der Waals surface area contributed by atoms with Crippen LogP contribution in [-0.2, 0) is 6.54 Å². The van der Waals surface area contributed by atoms with Gasteiger partial charge in [0.05, 0.1) is 31.5 Å². The number of amides is 1. The maximum Gasteiger partial charge on any atom is 0.274 e. The second-order valence-corrected chi connectivity index (χ2v) is 7.13. The van der Waals surface area contributed by atoms with Crippen molar-refractivity contribution in [1.82, 2.24) is 5.43 Å². The van der Waals surface area contributed by atoms with Crippen LogP contribution in [0.15, 0.2) is 33.8 Å². The molecule has 6 nitrogen and oxygen atoms in total. The van der Waals surface area contributed by atoms with Crippen LogP contribution in [0, 0.1) is 13.8 Å². The Morgan fingerprint density at radius 2 is 2.00 bits per heavy atom. The average molecular weight is 370 g/mol. The normalized spacial score (nSPS) is 15.2. The van der Waals surface area contributed by atoms with Crippen molar-refractivity contribution >= 4 is 11.6 Å². The molecule has 0 aliphatic carbocycles. The third-order valence-electron chi connectivity index (χ3n) is 5.06. The molecule has 1 saturated heterocycles. The number of likely N-dealkylation sites (tertiary alicyclic amines) is 1. The molecule has 2 heterocycles. The molecule has 0 radical (unpaired) electrons. The fourth-order valence-corrected chi connectivity index (χ4v) is 3.58. The quantitative estimate of drug-likeness (QED) is 0.605. The molecule has 1 fully saturated rings. The molecule has 1 aliphatic heterocycles. The molecule has 0 atom stereocenters. The first-order valence-corrected chi connectivity index (χ1v) is 9.40. The van der Waals surface area contributed by atoms with Crippen molar-refractivity contribution in [2.24, 2.45) is 5.10 Å². The molecule has 0 bridgehead atoms. The molecule has 0 unspecified atom stereocenters. The van der Waals surface area contributed by atoms with Crippen molar-refractivity contribution < 1.29 is 18.8 Å². The predicted octanol–water partition coefficient (Wildman–Crippen LogP) is 2.24. The van der Waals surface area contributed by atoms with Gasteiger partial charge in [0.15, 0.2) is 0 Å². The number of nitrogens with zero attached hydrogens (tertiary/aromatic N) is 1. The highest BCUT2D eigenvalue weighted by molar-refractivity contribution is 6.01. The Morgan fingerprint density at radius 3 is 2.63 bits per heavy atom. The van der Waals surface area contributed by atoms with E-state index in [0.29, 0.717) is 17.1 Å². The van der Waals surface area contributed by atoms with Gasteiger partial charge in [0.1, 0.15) is 23.8 Å². The molecule has 144 valence electrons. The number of ether oxygens (including phenoxy) is 1. The minimum Gasteiger partial charge on any atom is -0.496 e. The van der Waals surface area contributed by atoms with Crippen molar-refractivity contribution in [2.75, 3.05) is 20.2 Å². The third kappa shape index (κ3) is 4.57. The second-order valence-electron chi connectivity index (χ2n) is 7.13. The van der Waals surface area contributed by atoms with Crippen LogP contribution < -0.4 is 15.1 Å². The standard InChI is InChI=1S/C21H27N3O3/c1-14-11-19(16(3)27-14)21(25)23-22-15(2)17-7-8-20(26-4)18(12-17)13-24-9-5-6-10-24/h7-8,11-12H,5-6,9-10,13H2,1-4H3,(H,23,25)/p+1/b22-15-. The summed E-state index contributed by atoms with van der Waals surface area (Å²) in [5, 5.41) is 4.28. The number of hydrogen-bond acceptors (Lipinski definition) is 4. The van der Waals surface area contributed by atoms with Gasteiger partial charge in [-0.15, -0.1) is 0 Å². The zero-order chi connectivity index (χ0) is 19.4. The maximum atomic E-state index is 12.3. The van der Waals surface area contributed by atoms with E-state index in [1.165, 1.54) is 31.5 Å². The van der Waals surface area contributed by atoms with Gasteiger partial charge in [0, 0.05) is 18.4 Å². The molecule has 0 spiro atoms. The Bertz CT molecular complexity index is 848. The Kier molecular flexibility index (Phi) is 5.96. The average Bonchev–Trinajstić information content (AvgIpc) is 3.28. The van der Waals surface area contributed by atoms with E-state index in [1.807, 2.05) is 26.0 Å². The highest BCUT2D eigenvalue weighted by Gasteiger charge is 2.18. The fourth-order valence-electron chi connectivity index (χ4n) is 3.58. The van der Waals surface area contributed by atoms with Crippen LogP contribution in [0.5, 0.6) is 5.75 Å². The van der Waals surface area contributed by atoms with Crippen molar-refractivity contribution in [3.63, 3.8) is 0 Å². The summed E-state index contributed by atoms with van der Waals surface area (Å²) in [6, 6.07) is 7.78. The van der Waals surface area contributed by atoms with E-state index in [2.05, 4.69) is 16.6 Å². The largest absolute Gasteiger partial charge is 0.496 e. The van der Waals surface area contributed by atoms with Crippen LogP contribution >= 0.6 is 0 Å². The number of methoxy groups -OCH3 is 1. The van der Waals surface area contributed by atoms with Crippen LogP contribution in [0.2, 0.25) is 0 Å². The molecule has 2 aromatic rings. The third-order valence-corrected chi connectivity index (χ3v) is 5.06. The van der Waals surface area contributed by atoms with E-state index in [-0.39, 0.29) is 5.91 Å². The smallest absolute Gasteiger partial charge is 0.274 e. The summed E-state index contributed by atoms with van der Waals surface area (Å²) < 4.78 is 10.9. The summed E-state index contributed by atoms with van der Waals surface area (Å²) in [5.41, 5.74) is 6.04. The topological polar surface area (TPSA) is 68.3 Å². The molecule has 1 aromatic heterocycles. The first kappa shape index (κ1) is 19.2. The van der Waals surface area contributed by atoms with Crippen molar-refractivity contribution in [2.45, 2.75) is 40.2 Å². The lowest BCUT2D eigenvalue weighted by Gasteiger charge is -2.15. The number of aryl methyl sites for hydroxylation is 2. The van der Waals surface area contributed by atoms with E-state index in [1.54, 1.807) is 25.0 Å². The lowest BCUT2D eigenvalue weighted by atomic mass is 10.1. The lowest BCUT2D eigenvalue weighted by molar-refractivity contribution is -0.901. The summed E-state index contributed by atoms with van der Waals surface area (Å²) in [6.45, 7) is 8.85. The zero-order valence-corrected chi connectivity index (χ0v) is 16.5. The zero-order valence-electron chi connectivity index (χ0n) is 16.5. The number of hydrogen-bond donors (Lipinski definition) is 2. The highest BCUT2D eigenvalue weighted by atomic mass is 16.5. The Morgan fingerprint density at radius 1 is 1.26 bits per heavy atom. The van der Waals surface area contributed by atoms with E-state index in [9.17, 15) is 4.79 Å². The second kappa shape index (κ2) is 8.39. The first-order chi connectivity index (χ1) is 13.0. The fraction of sp³-hybridized carbons (Fsp3) is 0.429. The Balaban J connectivity index is 1.74. The van der Waals surface area contributed by atoms with Crippen LogP contribution in [0.25, 0.3) is 0 Å². The van der Waals surface area contributed by atoms with Crippen LogP contribution in [0.1, 0.15) is 52.8 Å². The molecule has 3 rings (SSSR count). The number of quaternary nitrogens is 1. The van der Waals surface area contributed by atoms with Gasteiger partial charge in [0.2, 0.25) is 0 Å². The number of nitrogens with one attached hydrogen (secondary N) is 2. The summed E-state index contributed by atoms with van der Waals surface area (Å²) >= 11 is 0. The van der Waals surface area contributed by atoms with Crippen molar-refractivity contribution in [3.05, 3.63) is 52.5 Å². The Labute approximate surface area is 160 Å². The van der Waals surface area contributed by atoms with Gasteiger partial charge in [-0.1, -0.05) is 0 Å². The van der Waals surface area contributed by atoms with Crippen LogP contribution in [0.3, 0.4) is 0 Å². The summed E-state index contributed by atoms with van der Waals surface area (Å²) in [7, 11) is 1.70. The van der Waals surface area contributed by atoms with E-state index >= 15 is 0 Å². The van der Waals surface area contributed by atoms with Gasteiger partial charge in [-0.05, 0) is 50.6 Å². The molecule has 0 saturated carbocycles. The summed E-state index contributed by atoms with van der Waals surface area (Å²) in [4.78, 5) is 13.9. The number of carbonyl (C=O) groups excluding carboxylic acids is 1. The molecule has 1 aliphatic rings. The summed E-state index contributed by atoms with van der Waals surface area (Å²) in [5.74, 6) is 1.94. The molecule has 6 heteroatoms. The van der Waals surface area contributed by atoms with Gasteiger partial charge in [-0.3, -0.25) is 4.79 Å². The minimum atomic E-state index is -0.265. The monoisotopic (exact) mass is 370 g/mol. The van der Waals surface area contributed by atoms with E-state index in [0.717, 1.165) is 23.6 Å². The van der Waals surface area contributed by atoms with Gasteiger partial charge in [0.25, 0.3) is 5.91 Å². The van der Waals surface area contributed by atoms with Gasteiger partial charge in [-0.2, -0.15) is 5.10 Å². The lowest BCUT2D eigenvalue weighted by Crippen LogP contribution is -3.08. The van der Waals surface area contributed by atoms with Gasteiger partial charge in [-0.25, -0.2) is 5.43 Å². The van der Waals surface area contributed by atoms with Crippen LogP contribution in [-0.4, -0.2) is 31.8 Å². The predicted molar refractivity (Wildman–Crippen MR) is 104 cm³/mol. The van der Waals surface area contributed by atoms with Gasteiger partial charge < -0.3 is 14.1 Å². The number of carbonyl (C=O) groups is 1. The first-order valence-electron chi connectivity index (χ1n) is 9.40. The van der Waals surface area contributed by atoms with Crippen molar-refractivity contribution in [3.8, 4) is 5.75 Å². The molecule has 27 heavy (non-hydrogen) atoms. The molecule has 2 N–H and O–H groups in total. The molecular formula is C21H28N3O3+. The Hall–Kier alpha value is -2.60. The maximum absolute atomic E-state index is 12.3. The number of rotatable bonds is 6. The molecule has 1 amide bonds.